The molecule has 0 spiro atoms. The third-order valence-corrected chi connectivity index (χ3v) is 3.72. The predicted octanol–water partition coefficient (Wildman–Crippen LogP) is 1.50. The van der Waals surface area contributed by atoms with E-state index in [0.717, 1.165) is 43.1 Å². The predicted molar refractivity (Wildman–Crippen MR) is 80.4 cm³/mol. The van der Waals surface area contributed by atoms with Gasteiger partial charge in [0.25, 0.3) is 0 Å². The zero-order valence-electron chi connectivity index (χ0n) is 10.9. The van der Waals surface area contributed by atoms with Gasteiger partial charge in [-0.05, 0) is 6.07 Å². The van der Waals surface area contributed by atoms with Gasteiger partial charge in [0.05, 0.1) is 17.6 Å². The highest BCUT2D eigenvalue weighted by Crippen LogP contribution is 2.32. The van der Waals surface area contributed by atoms with E-state index < -0.39 is 0 Å². The van der Waals surface area contributed by atoms with Crippen LogP contribution in [0.3, 0.4) is 0 Å². The van der Waals surface area contributed by atoms with Gasteiger partial charge in [-0.2, -0.15) is 4.98 Å². The van der Waals surface area contributed by atoms with Gasteiger partial charge in [-0.15, -0.1) is 0 Å². The summed E-state index contributed by atoms with van der Waals surface area (Å²) >= 11 is 6.25. The van der Waals surface area contributed by atoms with E-state index in [2.05, 4.69) is 20.2 Å². The molecule has 1 aliphatic heterocycles. The summed E-state index contributed by atoms with van der Waals surface area (Å²) in [6.45, 7) is 3.60. The molecule has 0 radical (unpaired) electrons. The maximum atomic E-state index is 11.6. The van der Waals surface area contributed by atoms with Gasteiger partial charge in [0.2, 0.25) is 0 Å². The Morgan fingerprint density at radius 1 is 1.20 bits per heavy atom. The molecule has 0 bridgehead atoms. The molecule has 1 aromatic carbocycles. The lowest BCUT2D eigenvalue weighted by atomic mass is 10.1. The van der Waals surface area contributed by atoms with E-state index in [-0.39, 0.29) is 5.69 Å². The van der Waals surface area contributed by atoms with Crippen molar-refractivity contribution >= 4 is 17.3 Å². The van der Waals surface area contributed by atoms with E-state index in [9.17, 15) is 4.79 Å². The second-order valence-electron chi connectivity index (χ2n) is 4.67. The third kappa shape index (κ3) is 2.55. The number of halogens is 1. The monoisotopic (exact) mass is 290 g/mol. The van der Waals surface area contributed by atoms with Crippen molar-refractivity contribution in [3.8, 4) is 11.3 Å². The quantitative estimate of drug-likeness (QED) is 0.880. The Hall–Kier alpha value is -1.85. The molecule has 0 saturated carbocycles. The highest BCUT2D eigenvalue weighted by Gasteiger charge is 2.17. The van der Waals surface area contributed by atoms with Crippen molar-refractivity contribution in [3.05, 3.63) is 46.0 Å². The minimum atomic E-state index is -0.362. The molecule has 1 aliphatic rings. The standard InChI is InChI=1S/C14H15ClN4O/c15-11-4-2-1-3-10(11)13-12(9-17-14(20)18-13)19-7-5-16-6-8-19/h1-4,9,16H,5-8H2,(H,17,18,20). The first-order valence-electron chi connectivity index (χ1n) is 6.55. The summed E-state index contributed by atoms with van der Waals surface area (Å²) in [5.74, 6) is 0. The zero-order valence-corrected chi connectivity index (χ0v) is 11.7. The van der Waals surface area contributed by atoms with Crippen LogP contribution in [0.1, 0.15) is 0 Å². The maximum absolute atomic E-state index is 11.6. The summed E-state index contributed by atoms with van der Waals surface area (Å²) in [6.07, 6.45) is 1.63. The van der Waals surface area contributed by atoms with Crippen LogP contribution >= 0.6 is 11.6 Å². The molecule has 2 aromatic rings. The van der Waals surface area contributed by atoms with Crippen molar-refractivity contribution in [3.63, 3.8) is 0 Å². The van der Waals surface area contributed by atoms with Crippen LogP contribution in [0, 0.1) is 0 Å². The Morgan fingerprint density at radius 2 is 1.95 bits per heavy atom. The van der Waals surface area contributed by atoms with Gasteiger partial charge in [0.15, 0.2) is 0 Å². The molecule has 20 heavy (non-hydrogen) atoms. The second-order valence-corrected chi connectivity index (χ2v) is 5.07. The topological polar surface area (TPSA) is 61.0 Å². The second kappa shape index (κ2) is 5.64. The van der Waals surface area contributed by atoms with Crippen molar-refractivity contribution in [2.45, 2.75) is 0 Å². The molecule has 1 fully saturated rings. The average Bonchev–Trinajstić information content (AvgIpc) is 2.48. The van der Waals surface area contributed by atoms with Crippen molar-refractivity contribution in [1.29, 1.82) is 0 Å². The number of H-pyrrole nitrogens is 1. The van der Waals surface area contributed by atoms with Crippen LogP contribution < -0.4 is 15.9 Å². The van der Waals surface area contributed by atoms with Crippen molar-refractivity contribution < 1.29 is 0 Å². The Bertz CT molecular complexity index is 664. The number of hydrogen-bond acceptors (Lipinski definition) is 4. The van der Waals surface area contributed by atoms with Gasteiger partial charge in [-0.25, -0.2) is 4.79 Å². The van der Waals surface area contributed by atoms with Crippen molar-refractivity contribution in [2.75, 3.05) is 31.1 Å². The van der Waals surface area contributed by atoms with Crippen LogP contribution in [-0.4, -0.2) is 36.1 Å². The molecule has 2 heterocycles. The smallest absolute Gasteiger partial charge is 0.345 e. The molecule has 5 nitrogen and oxygen atoms in total. The summed E-state index contributed by atoms with van der Waals surface area (Å²) in [7, 11) is 0. The number of hydrogen-bond donors (Lipinski definition) is 2. The molecule has 104 valence electrons. The molecule has 3 rings (SSSR count). The fourth-order valence-electron chi connectivity index (χ4n) is 2.40. The number of aromatic amines is 1. The SMILES string of the molecule is O=c1ncc(N2CCNCC2)c(-c2ccccc2Cl)[nH]1. The third-order valence-electron chi connectivity index (χ3n) is 3.39. The molecule has 0 aliphatic carbocycles. The molecule has 2 N–H and O–H groups in total. The maximum Gasteiger partial charge on any atom is 0.345 e. The average molecular weight is 291 g/mol. The van der Waals surface area contributed by atoms with Gasteiger partial charge >= 0.3 is 5.69 Å². The number of benzene rings is 1. The molecule has 1 aromatic heterocycles. The molecule has 0 unspecified atom stereocenters. The Labute approximate surface area is 121 Å². The summed E-state index contributed by atoms with van der Waals surface area (Å²) in [5.41, 5.74) is 2.11. The van der Waals surface area contributed by atoms with Crippen LogP contribution in [0.15, 0.2) is 35.3 Å². The molecule has 0 atom stereocenters. The molecule has 0 amide bonds. The number of nitrogens with one attached hydrogen (secondary N) is 2. The van der Waals surface area contributed by atoms with Gasteiger partial charge in [0, 0.05) is 36.8 Å². The van der Waals surface area contributed by atoms with E-state index in [1.807, 2.05) is 24.3 Å². The van der Waals surface area contributed by atoms with E-state index in [1.54, 1.807) is 6.20 Å². The van der Waals surface area contributed by atoms with Crippen molar-refractivity contribution in [2.24, 2.45) is 0 Å². The van der Waals surface area contributed by atoms with E-state index in [0.29, 0.717) is 5.02 Å². The van der Waals surface area contributed by atoms with E-state index >= 15 is 0 Å². The number of piperazine rings is 1. The van der Waals surface area contributed by atoms with Crippen LogP contribution in [0.25, 0.3) is 11.3 Å². The van der Waals surface area contributed by atoms with Crippen LogP contribution in [0.4, 0.5) is 5.69 Å². The number of nitrogens with zero attached hydrogens (tertiary/aromatic N) is 2. The highest BCUT2D eigenvalue weighted by atomic mass is 35.5. The summed E-state index contributed by atoms with van der Waals surface area (Å²) in [6, 6.07) is 7.49. The Balaban J connectivity index is 2.11. The molecular formula is C14H15ClN4O. The first-order chi connectivity index (χ1) is 9.75. The van der Waals surface area contributed by atoms with Gasteiger partial charge in [-0.3, -0.25) is 0 Å². The fourth-order valence-corrected chi connectivity index (χ4v) is 2.63. The first kappa shape index (κ1) is 13.1. The minimum absolute atomic E-state index is 0.362. The summed E-state index contributed by atoms with van der Waals surface area (Å²) in [5, 5.41) is 3.92. The lowest BCUT2D eigenvalue weighted by molar-refractivity contribution is 0.588. The van der Waals surface area contributed by atoms with Crippen LogP contribution in [0.5, 0.6) is 0 Å². The van der Waals surface area contributed by atoms with Crippen molar-refractivity contribution in [1.82, 2.24) is 15.3 Å². The number of rotatable bonds is 2. The van der Waals surface area contributed by atoms with Crippen LogP contribution in [0.2, 0.25) is 5.02 Å². The zero-order chi connectivity index (χ0) is 13.9. The highest BCUT2D eigenvalue weighted by molar-refractivity contribution is 6.33. The minimum Gasteiger partial charge on any atom is -0.366 e. The van der Waals surface area contributed by atoms with E-state index in [1.165, 1.54) is 0 Å². The Morgan fingerprint density at radius 3 is 2.70 bits per heavy atom. The molecule has 1 saturated heterocycles. The first-order valence-corrected chi connectivity index (χ1v) is 6.93. The fraction of sp³-hybridized carbons (Fsp3) is 0.286. The largest absolute Gasteiger partial charge is 0.366 e. The lowest BCUT2D eigenvalue weighted by Gasteiger charge is -2.30. The number of aromatic nitrogens is 2. The normalized spacial score (nSPS) is 15.3. The molecule has 6 heteroatoms. The van der Waals surface area contributed by atoms with E-state index in [4.69, 9.17) is 11.6 Å². The lowest BCUT2D eigenvalue weighted by Crippen LogP contribution is -2.44. The molecular weight excluding hydrogens is 276 g/mol. The summed E-state index contributed by atoms with van der Waals surface area (Å²) < 4.78 is 0. The number of anilines is 1. The summed E-state index contributed by atoms with van der Waals surface area (Å²) in [4.78, 5) is 20.4. The van der Waals surface area contributed by atoms with Gasteiger partial charge < -0.3 is 15.2 Å². The Kier molecular flexibility index (Phi) is 3.71. The van der Waals surface area contributed by atoms with Crippen LogP contribution in [-0.2, 0) is 0 Å². The van der Waals surface area contributed by atoms with Gasteiger partial charge in [-0.1, -0.05) is 29.8 Å². The van der Waals surface area contributed by atoms with Gasteiger partial charge in [0.1, 0.15) is 0 Å².